The largest absolute Gasteiger partial charge is 0.344 e. The lowest BCUT2D eigenvalue weighted by Gasteiger charge is -2.23. The van der Waals surface area contributed by atoms with Crippen molar-refractivity contribution in [3.8, 4) is 22.4 Å². The van der Waals surface area contributed by atoms with Gasteiger partial charge >= 0.3 is 0 Å². The van der Waals surface area contributed by atoms with Gasteiger partial charge in [-0.05, 0) is 29.2 Å². The Morgan fingerprint density at radius 2 is 1.53 bits per heavy atom. The lowest BCUT2D eigenvalue weighted by atomic mass is 9.90. The number of fused-ring (bicyclic) bond motifs is 1. The lowest BCUT2D eigenvalue weighted by molar-refractivity contribution is -0.137. The number of nitrogens with one attached hydrogen (secondary N) is 2. The molecule has 1 fully saturated rings. The van der Waals surface area contributed by atoms with Crippen LogP contribution < -0.4 is 10.6 Å². The third-order valence-electron chi connectivity index (χ3n) is 6.01. The monoisotopic (exact) mass is 449 g/mol. The molecule has 0 radical (unpaired) electrons. The standard InChI is InChI=1S/C28H23N3O3/c32-24-16-15-23(28(34)31-24)29-25(33)17-21-26(18-9-3-1-4-10-18)20-13-7-8-14-22(20)30-27(21)19-11-5-2-6-12-19/h1-14,23H,15-17H2,(H,29,33)(H,31,32,34). The van der Waals surface area contributed by atoms with Gasteiger partial charge in [0.15, 0.2) is 0 Å². The number of nitrogens with zero attached hydrogens (tertiary/aromatic N) is 1. The van der Waals surface area contributed by atoms with Gasteiger partial charge in [-0.15, -0.1) is 0 Å². The zero-order valence-electron chi connectivity index (χ0n) is 18.5. The number of pyridine rings is 1. The van der Waals surface area contributed by atoms with Crippen LogP contribution in [0.25, 0.3) is 33.3 Å². The van der Waals surface area contributed by atoms with Crippen molar-refractivity contribution in [1.82, 2.24) is 15.6 Å². The number of imide groups is 1. The fourth-order valence-corrected chi connectivity index (χ4v) is 4.43. The maximum atomic E-state index is 13.2. The van der Waals surface area contributed by atoms with Crippen LogP contribution in [-0.2, 0) is 20.8 Å². The third kappa shape index (κ3) is 4.30. The van der Waals surface area contributed by atoms with E-state index in [4.69, 9.17) is 4.98 Å². The van der Waals surface area contributed by atoms with Gasteiger partial charge in [-0.25, -0.2) is 4.98 Å². The van der Waals surface area contributed by atoms with Gasteiger partial charge < -0.3 is 5.32 Å². The first-order chi connectivity index (χ1) is 16.6. The minimum Gasteiger partial charge on any atom is -0.344 e. The Kier molecular flexibility index (Phi) is 5.87. The predicted octanol–water partition coefficient (Wildman–Crippen LogP) is 4.03. The summed E-state index contributed by atoms with van der Waals surface area (Å²) in [6.07, 6.45) is 0.548. The quantitative estimate of drug-likeness (QED) is 0.450. The van der Waals surface area contributed by atoms with E-state index in [1.54, 1.807) is 0 Å². The summed E-state index contributed by atoms with van der Waals surface area (Å²) in [7, 11) is 0. The summed E-state index contributed by atoms with van der Waals surface area (Å²) in [6.45, 7) is 0. The highest BCUT2D eigenvalue weighted by molar-refractivity contribution is 6.03. The van der Waals surface area contributed by atoms with E-state index in [-0.39, 0.29) is 24.7 Å². The molecule has 6 heteroatoms. The van der Waals surface area contributed by atoms with Gasteiger partial charge in [0.1, 0.15) is 6.04 Å². The number of hydrogen-bond acceptors (Lipinski definition) is 4. The van der Waals surface area contributed by atoms with Gasteiger partial charge in [0.05, 0.1) is 17.6 Å². The molecule has 34 heavy (non-hydrogen) atoms. The highest BCUT2D eigenvalue weighted by atomic mass is 16.2. The smallest absolute Gasteiger partial charge is 0.249 e. The van der Waals surface area contributed by atoms with E-state index >= 15 is 0 Å². The van der Waals surface area contributed by atoms with Crippen molar-refractivity contribution < 1.29 is 14.4 Å². The molecule has 1 aliphatic rings. The molecule has 1 aromatic heterocycles. The van der Waals surface area contributed by atoms with Gasteiger partial charge in [-0.3, -0.25) is 19.7 Å². The van der Waals surface area contributed by atoms with Crippen molar-refractivity contribution in [2.45, 2.75) is 25.3 Å². The Balaban J connectivity index is 1.63. The van der Waals surface area contributed by atoms with Crippen molar-refractivity contribution >= 4 is 28.6 Å². The van der Waals surface area contributed by atoms with Gasteiger partial charge in [0.25, 0.3) is 0 Å². The van der Waals surface area contributed by atoms with E-state index in [2.05, 4.69) is 10.6 Å². The SMILES string of the molecule is O=C1CCC(NC(=O)Cc2c(-c3ccccc3)nc3ccccc3c2-c2ccccc2)C(=O)N1. The number of aromatic nitrogens is 1. The Morgan fingerprint density at radius 1 is 0.882 bits per heavy atom. The number of amides is 3. The Morgan fingerprint density at radius 3 is 2.24 bits per heavy atom. The number of piperidine rings is 1. The van der Waals surface area contributed by atoms with E-state index in [1.807, 2.05) is 84.9 Å². The highest BCUT2D eigenvalue weighted by Crippen LogP contribution is 2.37. The van der Waals surface area contributed by atoms with Crippen LogP contribution in [0.5, 0.6) is 0 Å². The molecule has 0 saturated carbocycles. The molecule has 168 valence electrons. The summed E-state index contributed by atoms with van der Waals surface area (Å²) < 4.78 is 0. The molecule has 2 heterocycles. The minimum atomic E-state index is -0.723. The molecule has 0 bridgehead atoms. The third-order valence-corrected chi connectivity index (χ3v) is 6.01. The Hall–Kier alpha value is -4.32. The van der Waals surface area contributed by atoms with E-state index in [9.17, 15) is 14.4 Å². The molecule has 3 aromatic carbocycles. The van der Waals surface area contributed by atoms with Crippen LogP contribution in [0.3, 0.4) is 0 Å². The predicted molar refractivity (Wildman–Crippen MR) is 131 cm³/mol. The number of hydrogen-bond donors (Lipinski definition) is 2. The number of benzene rings is 3. The van der Waals surface area contributed by atoms with Crippen LogP contribution in [0.15, 0.2) is 84.9 Å². The molecule has 1 unspecified atom stereocenters. The first-order valence-electron chi connectivity index (χ1n) is 11.3. The summed E-state index contributed by atoms with van der Waals surface area (Å²) in [5.74, 6) is -1.07. The second-order valence-corrected chi connectivity index (χ2v) is 8.31. The van der Waals surface area contributed by atoms with Gasteiger partial charge in [-0.2, -0.15) is 0 Å². The average Bonchev–Trinajstić information content (AvgIpc) is 2.86. The molecule has 4 aromatic rings. The average molecular weight is 450 g/mol. The summed E-state index contributed by atoms with van der Waals surface area (Å²) >= 11 is 0. The number of carbonyl (C=O) groups is 3. The van der Waals surface area contributed by atoms with Gasteiger partial charge in [0, 0.05) is 17.4 Å². The Bertz CT molecular complexity index is 1380. The topological polar surface area (TPSA) is 88.2 Å². The van der Waals surface area contributed by atoms with Crippen LogP contribution in [0.1, 0.15) is 18.4 Å². The van der Waals surface area contributed by atoms with Crippen LogP contribution in [0, 0.1) is 0 Å². The van der Waals surface area contributed by atoms with E-state index in [0.29, 0.717) is 6.42 Å². The summed E-state index contributed by atoms with van der Waals surface area (Å²) in [5, 5.41) is 6.06. The maximum Gasteiger partial charge on any atom is 0.249 e. The molecule has 2 N–H and O–H groups in total. The fraction of sp³-hybridized carbons (Fsp3) is 0.143. The van der Waals surface area contributed by atoms with Crippen LogP contribution in [-0.4, -0.2) is 28.7 Å². The normalized spacial score (nSPS) is 15.7. The first-order valence-corrected chi connectivity index (χ1v) is 11.3. The molecule has 1 saturated heterocycles. The second-order valence-electron chi connectivity index (χ2n) is 8.31. The molecule has 1 atom stereocenters. The van der Waals surface area contributed by atoms with Crippen molar-refractivity contribution in [1.29, 1.82) is 0 Å². The highest BCUT2D eigenvalue weighted by Gasteiger charge is 2.28. The summed E-state index contributed by atoms with van der Waals surface area (Å²) in [6, 6.07) is 26.9. The molecule has 5 rings (SSSR count). The molecule has 0 spiro atoms. The molecule has 6 nitrogen and oxygen atoms in total. The molecule has 0 aliphatic carbocycles. The summed E-state index contributed by atoms with van der Waals surface area (Å²) in [4.78, 5) is 41.8. The van der Waals surface area contributed by atoms with Gasteiger partial charge in [0.2, 0.25) is 17.7 Å². The first kappa shape index (κ1) is 21.5. The van der Waals surface area contributed by atoms with E-state index < -0.39 is 11.9 Å². The van der Waals surface area contributed by atoms with Crippen LogP contribution >= 0.6 is 0 Å². The van der Waals surface area contributed by atoms with Crippen molar-refractivity contribution in [2.75, 3.05) is 0 Å². The summed E-state index contributed by atoms with van der Waals surface area (Å²) in [5.41, 5.74) is 5.21. The second kappa shape index (κ2) is 9.27. The van der Waals surface area contributed by atoms with Gasteiger partial charge in [-0.1, -0.05) is 78.9 Å². The molecular weight excluding hydrogens is 426 g/mol. The Labute approximate surface area is 197 Å². The van der Waals surface area contributed by atoms with E-state index in [1.165, 1.54) is 0 Å². The van der Waals surface area contributed by atoms with E-state index in [0.717, 1.165) is 38.9 Å². The molecule has 3 amide bonds. The number of carbonyl (C=O) groups excluding carboxylic acids is 3. The fourth-order valence-electron chi connectivity index (χ4n) is 4.43. The van der Waals surface area contributed by atoms with Crippen LogP contribution in [0.2, 0.25) is 0 Å². The maximum absolute atomic E-state index is 13.2. The zero-order valence-corrected chi connectivity index (χ0v) is 18.5. The van der Waals surface area contributed by atoms with Crippen LogP contribution in [0.4, 0.5) is 0 Å². The minimum absolute atomic E-state index is 0.0457. The van der Waals surface area contributed by atoms with Crippen molar-refractivity contribution in [3.05, 3.63) is 90.5 Å². The van der Waals surface area contributed by atoms with Crippen molar-refractivity contribution in [3.63, 3.8) is 0 Å². The molecule has 1 aliphatic heterocycles. The zero-order chi connectivity index (χ0) is 23.5. The van der Waals surface area contributed by atoms with Crippen molar-refractivity contribution in [2.24, 2.45) is 0 Å². The number of rotatable bonds is 5. The number of para-hydroxylation sites is 1. The molecular formula is C28H23N3O3. The lowest BCUT2D eigenvalue weighted by Crippen LogP contribution is -2.52.